The summed E-state index contributed by atoms with van der Waals surface area (Å²) >= 11 is 5.18. The second-order valence-corrected chi connectivity index (χ2v) is 1.45. The summed E-state index contributed by atoms with van der Waals surface area (Å²) < 4.78 is 4.71. The van der Waals surface area contributed by atoms with Crippen molar-refractivity contribution in [1.29, 1.82) is 0 Å². The third-order valence-corrected chi connectivity index (χ3v) is 0.713. The zero-order chi connectivity index (χ0) is 5.54. The Bertz CT molecular complexity index is 27.3. The van der Waals surface area contributed by atoms with Crippen LogP contribution in [0.4, 0.5) is 0 Å². The maximum atomic E-state index is 5.18. The summed E-state index contributed by atoms with van der Waals surface area (Å²) in [5.41, 5.74) is 0. The van der Waals surface area contributed by atoms with Gasteiger partial charge >= 0.3 is 0 Å². The molecule has 0 aromatic carbocycles. The topological polar surface area (TPSA) is 9.23 Å². The van der Waals surface area contributed by atoms with Crippen molar-refractivity contribution in [2.75, 3.05) is 6.07 Å². The summed E-state index contributed by atoms with van der Waals surface area (Å²) in [6.07, 6.45) is 2.11. The van der Waals surface area contributed by atoms with Gasteiger partial charge in [0.1, 0.15) is 6.07 Å². The lowest BCUT2D eigenvalue weighted by molar-refractivity contribution is 0.243. The van der Waals surface area contributed by atoms with Crippen molar-refractivity contribution in [1.82, 2.24) is 0 Å². The third kappa shape index (κ3) is 6.25. The van der Waals surface area contributed by atoms with Gasteiger partial charge in [0.25, 0.3) is 0 Å². The molecule has 0 saturated carbocycles. The molecule has 0 amide bonds. The smallest absolute Gasteiger partial charge is 0.121 e. The van der Waals surface area contributed by atoms with Gasteiger partial charge in [-0.2, -0.15) is 0 Å². The van der Waals surface area contributed by atoms with E-state index in [0.29, 0.717) is 0 Å². The first-order valence-electron chi connectivity index (χ1n) is 2.41. The molecular weight excluding hydrogens is 112 g/mol. The van der Waals surface area contributed by atoms with Crippen molar-refractivity contribution in [3.05, 3.63) is 6.61 Å². The van der Waals surface area contributed by atoms with Crippen LogP contribution in [0.1, 0.15) is 19.8 Å². The standard InChI is InChI=1S/C5H10ClO/c1-2-3-4-7-5-6/h4H,2-3,5H2,1H3. The van der Waals surface area contributed by atoms with E-state index in [4.69, 9.17) is 16.3 Å². The molecule has 0 aromatic heterocycles. The van der Waals surface area contributed by atoms with Crippen LogP contribution < -0.4 is 0 Å². The summed E-state index contributed by atoms with van der Waals surface area (Å²) in [5.74, 6) is 0. The second-order valence-electron chi connectivity index (χ2n) is 1.23. The van der Waals surface area contributed by atoms with Crippen molar-refractivity contribution < 1.29 is 4.74 Å². The average molecular weight is 122 g/mol. The Morgan fingerprint density at radius 1 is 1.71 bits per heavy atom. The highest BCUT2D eigenvalue weighted by Crippen LogP contribution is 1.93. The molecular formula is C5H10ClO. The quantitative estimate of drug-likeness (QED) is 0.409. The molecule has 0 aliphatic rings. The molecule has 0 rings (SSSR count). The van der Waals surface area contributed by atoms with Gasteiger partial charge in [-0.15, -0.1) is 0 Å². The highest BCUT2D eigenvalue weighted by Gasteiger charge is 1.80. The molecule has 2 heteroatoms. The number of unbranched alkanes of at least 4 members (excludes halogenated alkanes) is 1. The van der Waals surface area contributed by atoms with E-state index in [-0.39, 0.29) is 6.07 Å². The third-order valence-electron chi connectivity index (χ3n) is 0.587. The molecule has 0 bridgehead atoms. The first kappa shape index (κ1) is 7.25. The molecule has 1 radical (unpaired) electrons. The van der Waals surface area contributed by atoms with Crippen LogP contribution in [-0.4, -0.2) is 6.07 Å². The van der Waals surface area contributed by atoms with Gasteiger partial charge < -0.3 is 4.74 Å². The Balaban J connectivity index is 2.45. The summed E-state index contributed by atoms with van der Waals surface area (Å²) in [6.45, 7) is 3.82. The molecule has 0 spiro atoms. The molecule has 0 atom stereocenters. The SMILES string of the molecule is CCC[CH]OCCl. The Morgan fingerprint density at radius 2 is 2.43 bits per heavy atom. The predicted molar refractivity (Wildman–Crippen MR) is 31.0 cm³/mol. The van der Waals surface area contributed by atoms with Gasteiger partial charge in [-0.3, -0.25) is 0 Å². The van der Waals surface area contributed by atoms with Crippen LogP contribution in [0.5, 0.6) is 0 Å². The van der Waals surface area contributed by atoms with Gasteiger partial charge in [-0.25, -0.2) is 0 Å². The Kier molecular flexibility index (Phi) is 6.47. The van der Waals surface area contributed by atoms with E-state index in [0.717, 1.165) is 12.8 Å². The lowest BCUT2D eigenvalue weighted by atomic mass is 10.4. The Morgan fingerprint density at radius 3 is 2.86 bits per heavy atom. The maximum absolute atomic E-state index is 5.18. The van der Waals surface area contributed by atoms with Gasteiger partial charge in [0.05, 0.1) is 6.61 Å². The second kappa shape index (κ2) is 6.25. The predicted octanol–water partition coefficient (Wildman–Crippen LogP) is 2.16. The molecule has 0 aromatic rings. The van der Waals surface area contributed by atoms with E-state index in [1.165, 1.54) is 0 Å². The van der Waals surface area contributed by atoms with E-state index in [1.807, 2.05) is 0 Å². The lowest BCUT2D eigenvalue weighted by Gasteiger charge is -1.92. The largest absolute Gasteiger partial charge is 0.360 e. The molecule has 0 aliphatic carbocycles. The van der Waals surface area contributed by atoms with Crippen LogP contribution in [0, 0.1) is 6.61 Å². The zero-order valence-electron chi connectivity index (χ0n) is 4.48. The molecule has 0 heterocycles. The highest BCUT2D eigenvalue weighted by atomic mass is 35.5. The monoisotopic (exact) mass is 121 g/mol. The minimum Gasteiger partial charge on any atom is -0.360 e. The normalized spacial score (nSPS) is 9.43. The first-order chi connectivity index (χ1) is 3.41. The Hall–Kier alpha value is 0.250. The van der Waals surface area contributed by atoms with Gasteiger partial charge in [0, 0.05) is 0 Å². The first-order valence-corrected chi connectivity index (χ1v) is 2.94. The molecule has 0 fully saturated rings. The minimum absolute atomic E-state index is 0.278. The molecule has 0 saturated heterocycles. The van der Waals surface area contributed by atoms with Crippen molar-refractivity contribution in [3.63, 3.8) is 0 Å². The van der Waals surface area contributed by atoms with E-state index in [1.54, 1.807) is 6.61 Å². The fraction of sp³-hybridized carbons (Fsp3) is 0.800. The number of halogens is 1. The number of rotatable bonds is 4. The van der Waals surface area contributed by atoms with Crippen molar-refractivity contribution in [2.45, 2.75) is 19.8 Å². The number of hydrogen-bond acceptors (Lipinski definition) is 1. The molecule has 0 aliphatic heterocycles. The molecule has 43 valence electrons. The van der Waals surface area contributed by atoms with Gasteiger partial charge in [-0.1, -0.05) is 24.9 Å². The van der Waals surface area contributed by atoms with Gasteiger partial charge in [0.2, 0.25) is 0 Å². The summed E-state index contributed by atoms with van der Waals surface area (Å²) in [5, 5.41) is 0. The van der Waals surface area contributed by atoms with Crippen molar-refractivity contribution >= 4 is 11.6 Å². The van der Waals surface area contributed by atoms with E-state index >= 15 is 0 Å². The summed E-state index contributed by atoms with van der Waals surface area (Å²) in [7, 11) is 0. The maximum Gasteiger partial charge on any atom is 0.121 e. The average Bonchev–Trinajstić information content (AvgIpc) is 1.69. The van der Waals surface area contributed by atoms with Gasteiger partial charge in [0.15, 0.2) is 0 Å². The zero-order valence-corrected chi connectivity index (χ0v) is 5.24. The van der Waals surface area contributed by atoms with E-state index < -0.39 is 0 Å². The van der Waals surface area contributed by atoms with Crippen molar-refractivity contribution in [2.24, 2.45) is 0 Å². The Labute approximate surface area is 49.6 Å². The molecule has 0 N–H and O–H groups in total. The summed E-state index contributed by atoms with van der Waals surface area (Å²) in [6, 6.07) is 0.278. The number of hydrogen-bond donors (Lipinski definition) is 0. The molecule has 1 nitrogen and oxygen atoms in total. The fourth-order valence-corrected chi connectivity index (χ4v) is 0.335. The van der Waals surface area contributed by atoms with Crippen LogP contribution in [0.15, 0.2) is 0 Å². The molecule has 7 heavy (non-hydrogen) atoms. The molecule has 0 unspecified atom stereocenters. The number of alkyl halides is 1. The number of ether oxygens (including phenoxy) is 1. The van der Waals surface area contributed by atoms with Crippen LogP contribution in [0.3, 0.4) is 0 Å². The van der Waals surface area contributed by atoms with Crippen LogP contribution >= 0.6 is 11.6 Å². The van der Waals surface area contributed by atoms with Crippen LogP contribution in [0.25, 0.3) is 0 Å². The van der Waals surface area contributed by atoms with E-state index in [9.17, 15) is 0 Å². The van der Waals surface area contributed by atoms with Gasteiger partial charge in [-0.05, 0) is 6.42 Å². The minimum atomic E-state index is 0.278. The lowest BCUT2D eigenvalue weighted by Crippen LogP contribution is -1.81. The van der Waals surface area contributed by atoms with Crippen molar-refractivity contribution in [3.8, 4) is 0 Å². The highest BCUT2D eigenvalue weighted by molar-refractivity contribution is 6.17. The van der Waals surface area contributed by atoms with Crippen LogP contribution in [-0.2, 0) is 4.74 Å². The van der Waals surface area contributed by atoms with Crippen LogP contribution in [0.2, 0.25) is 0 Å². The fourth-order valence-electron chi connectivity index (χ4n) is 0.246. The van der Waals surface area contributed by atoms with E-state index in [2.05, 4.69) is 6.92 Å². The summed E-state index contributed by atoms with van der Waals surface area (Å²) in [4.78, 5) is 0.